The number of halogens is 1. The van der Waals surface area contributed by atoms with E-state index in [1.807, 2.05) is 30.3 Å². The molecule has 25 heavy (non-hydrogen) atoms. The van der Waals surface area contributed by atoms with Gasteiger partial charge >= 0.3 is 0 Å². The summed E-state index contributed by atoms with van der Waals surface area (Å²) in [6, 6.07) is 16.3. The molecule has 6 nitrogen and oxygen atoms in total. The van der Waals surface area contributed by atoms with Crippen LogP contribution in [-0.4, -0.2) is 34.7 Å². The standard InChI is InChI=1S/C18H16ClN3O3/c1-22(17(23)12-24-15-9-7-14(19)8-10-15)11-16-20-21-18(25-16)13-5-3-2-4-6-13/h2-10H,11-12H2,1H3. The number of carbonyl (C=O) groups excluding carboxylic acids is 1. The molecule has 0 unspecified atom stereocenters. The second kappa shape index (κ2) is 7.81. The van der Waals surface area contributed by atoms with Crippen molar-refractivity contribution in [2.45, 2.75) is 6.54 Å². The Morgan fingerprint density at radius 3 is 2.56 bits per heavy atom. The lowest BCUT2D eigenvalue weighted by Gasteiger charge is -2.15. The van der Waals surface area contributed by atoms with Crippen molar-refractivity contribution in [1.82, 2.24) is 15.1 Å². The number of rotatable bonds is 6. The molecule has 1 amide bonds. The van der Waals surface area contributed by atoms with E-state index in [9.17, 15) is 4.79 Å². The maximum atomic E-state index is 12.1. The van der Waals surface area contributed by atoms with E-state index < -0.39 is 0 Å². The maximum absolute atomic E-state index is 12.1. The Balaban J connectivity index is 1.54. The Hall–Kier alpha value is -2.86. The fourth-order valence-electron chi connectivity index (χ4n) is 2.09. The number of amides is 1. The average molecular weight is 358 g/mol. The van der Waals surface area contributed by atoms with Crippen LogP contribution in [0.5, 0.6) is 5.75 Å². The fourth-order valence-corrected chi connectivity index (χ4v) is 2.22. The second-order valence-electron chi connectivity index (χ2n) is 5.36. The first kappa shape index (κ1) is 17.0. The number of hydrogen-bond acceptors (Lipinski definition) is 5. The van der Waals surface area contributed by atoms with Crippen LogP contribution in [0.25, 0.3) is 11.5 Å². The Labute approximate surface area is 150 Å². The van der Waals surface area contributed by atoms with Gasteiger partial charge in [-0.3, -0.25) is 4.79 Å². The zero-order valence-electron chi connectivity index (χ0n) is 13.6. The number of benzene rings is 2. The van der Waals surface area contributed by atoms with Crippen LogP contribution in [0.2, 0.25) is 5.02 Å². The summed E-state index contributed by atoms with van der Waals surface area (Å²) < 4.78 is 11.0. The van der Waals surface area contributed by atoms with E-state index in [-0.39, 0.29) is 19.1 Å². The lowest BCUT2D eigenvalue weighted by molar-refractivity contribution is -0.132. The van der Waals surface area contributed by atoms with E-state index in [0.717, 1.165) is 5.56 Å². The van der Waals surface area contributed by atoms with Crippen LogP contribution in [0.4, 0.5) is 0 Å². The SMILES string of the molecule is CN(Cc1nnc(-c2ccccc2)o1)C(=O)COc1ccc(Cl)cc1. The largest absolute Gasteiger partial charge is 0.484 e. The Kier molecular flexibility index (Phi) is 5.30. The Morgan fingerprint density at radius 2 is 1.84 bits per heavy atom. The highest BCUT2D eigenvalue weighted by atomic mass is 35.5. The minimum atomic E-state index is -0.200. The normalized spacial score (nSPS) is 10.5. The third-order valence-corrected chi connectivity index (χ3v) is 3.71. The molecule has 7 heteroatoms. The van der Waals surface area contributed by atoms with Crippen LogP contribution in [0.3, 0.4) is 0 Å². The predicted octanol–water partition coefficient (Wildman–Crippen LogP) is 3.43. The van der Waals surface area contributed by atoms with Crippen molar-refractivity contribution < 1.29 is 13.9 Å². The minimum absolute atomic E-state index is 0.0855. The summed E-state index contributed by atoms with van der Waals surface area (Å²) in [4.78, 5) is 13.6. The maximum Gasteiger partial charge on any atom is 0.260 e. The number of nitrogens with zero attached hydrogens (tertiary/aromatic N) is 3. The van der Waals surface area contributed by atoms with Gasteiger partial charge in [0.05, 0.1) is 6.54 Å². The van der Waals surface area contributed by atoms with Gasteiger partial charge < -0.3 is 14.1 Å². The molecule has 0 radical (unpaired) electrons. The van der Waals surface area contributed by atoms with Crippen LogP contribution in [0.15, 0.2) is 59.0 Å². The minimum Gasteiger partial charge on any atom is -0.484 e. The van der Waals surface area contributed by atoms with Gasteiger partial charge in [-0.2, -0.15) is 0 Å². The summed E-state index contributed by atoms with van der Waals surface area (Å²) in [5.41, 5.74) is 0.835. The molecule has 2 aromatic carbocycles. The first-order valence-corrected chi connectivity index (χ1v) is 8.00. The summed E-state index contributed by atoms with van der Waals surface area (Å²) in [6.45, 7) is 0.125. The number of aromatic nitrogens is 2. The monoisotopic (exact) mass is 357 g/mol. The molecule has 0 spiro atoms. The number of hydrogen-bond donors (Lipinski definition) is 0. The lowest BCUT2D eigenvalue weighted by Crippen LogP contribution is -2.31. The third kappa shape index (κ3) is 4.58. The quantitative estimate of drug-likeness (QED) is 0.676. The van der Waals surface area contributed by atoms with Crippen LogP contribution in [0, 0.1) is 0 Å². The van der Waals surface area contributed by atoms with E-state index in [2.05, 4.69) is 10.2 Å². The van der Waals surface area contributed by atoms with Gasteiger partial charge in [-0.25, -0.2) is 0 Å². The molecule has 0 saturated heterocycles. The molecule has 0 aliphatic heterocycles. The molecule has 0 atom stereocenters. The predicted molar refractivity (Wildman–Crippen MR) is 93.2 cm³/mol. The molecule has 1 heterocycles. The second-order valence-corrected chi connectivity index (χ2v) is 5.80. The van der Waals surface area contributed by atoms with Crippen molar-refractivity contribution in [2.75, 3.05) is 13.7 Å². The Morgan fingerprint density at radius 1 is 1.12 bits per heavy atom. The highest BCUT2D eigenvalue weighted by Crippen LogP contribution is 2.18. The summed E-state index contributed by atoms with van der Waals surface area (Å²) in [5, 5.41) is 8.59. The van der Waals surface area contributed by atoms with Crippen LogP contribution in [0.1, 0.15) is 5.89 Å². The van der Waals surface area contributed by atoms with Crippen molar-refractivity contribution in [2.24, 2.45) is 0 Å². The summed E-state index contributed by atoms with van der Waals surface area (Å²) in [6.07, 6.45) is 0. The number of ether oxygens (including phenoxy) is 1. The smallest absolute Gasteiger partial charge is 0.260 e. The first-order valence-electron chi connectivity index (χ1n) is 7.62. The molecule has 1 aromatic heterocycles. The van der Waals surface area contributed by atoms with Crippen LogP contribution in [-0.2, 0) is 11.3 Å². The summed E-state index contributed by atoms with van der Waals surface area (Å²) in [7, 11) is 1.65. The van der Waals surface area contributed by atoms with Crippen molar-refractivity contribution in [3.8, 4) is 17.2 Å². The summed E-state index contributed by atoms with van der Waals surface area (Å²) in [5.74, 6) is 1.17. The van der Waals surface area contributed by atoms with Crippen molar-refractivity contribution >= 4 is 17.5 Å². The van der Waals surface area contributed by atoms with Crippen LogP contribution < -0.4 is 4.74 Å². The van der Waals surface area contributed by atoms with Crippen LogP contribution >= 0.6 is 11.6 Å². The third-order valence-electron chi connectivity index (χ3n) is 3.46. The van der Waals surface area contributed by atoms with E-state index in [0.29, 0.717) is 22.6 Å². The Bertz CT molecular complexity index is 834. The van der Waals surface area contributed by atoms with Crippen molar-refractivity contribution in [3.63, 3.8) is 0 Å². The molecule has 0 aliphatic carbocycles. The lowest BCUT2D eigenvalue weighted by atomic mass is 10.2. The van der Waals surface area contributed by atoms with E-state index in [1.54, 1.807) is 31.3 Å². The van der Waals surface area contributed by atoms with Gasteiger partial charge in [0.25, 0.3) is 5.91 Å². The van der Waals surface area contributed by atoms with Gasteiger partial charge in [-0.05, 0) is 36.4 Å². The van der Waals surface area contributed by atoms with E-state index in [1.165, 1.54) is 4.90 Å². The zero-order valence-corrected chi connectivity index (χ0v) is 14.3. The molecule has 0 fully saturated rings. The highest BCUT2D eigenvalue weighted by molar-refractivity contribution is 6.30. The van der Waals surface area contributed by atoms with Gasteiger partial charge in [0.15, 0.2) is 6.61 Å². The van der Waals surface area contributed by atoms with Gasteiger partial charge in [0.1, 0.15) is 5.75 Å². The summed E-state index contributed by atoms with van der Waals surface area (Å²) >= 11 is 5.81. The fraction of sp³-hybridized carbons (Fsp3) is 0.167. The molecular formula is C18H16ClN3O3. The van der Waals surface area contributed by atoms with Gasteiger partial charge in [0.2, 0.25) is 11.8 Å². The number of likely N-dealkylation sites (N-methyl/N-ethyl adjacent to an activating group) is 1. The molecule has 0 N–H and O–H groups in total. The molecule has 128 valence electrons. The van der Waals surface area contributed by atoms with E-state index >= 15 is 0 Å². The van der Waals surface area contributed by atoms with Gasteiger partial charge in [-0.1, -0.05) is 29.8 Å². The molecule has 0 bridgehead atoms. The molecular weight excluding hydrogens is 342 g/mol. The van der Waals surface area contributed by atoms with Crippen molar-refractivity contribution in [1.29, 1.82) is 0 Å². The van der Waals surface area contributed by atoms with Gasteiger partial charge in [0, 0.05) is 17.6 Å². The highest BCUT2D eigenvalue weighted by Gasteiger charge is 2.15. The zero-order chi connectivity index (χ0) is 17.6. The molecule has 0 aliphatic rings. The number of carbonyl (C=O) groups is 1. The van der Waals surface area contributed by atoms with Gasteiger partial charge in [-0.15, -0.1) is 10.2 Å². The molecule has 3 aromatic rings. The van der Waals surface area contributed by atoms with Crippen molar-refractivity contribution in [3.05, 3.63) is 65.5 Å². The first-order chi connectivity index (χ1) is 12.1. The van der Waals surface area contributed by atoms with E-state index in [4.69, 9.17) is 20.8 Å². The topological polar surface area (TPSA) is 68.5 Å². The molecule has 3 rings (SSSR count). The average Bonchev–Trinajstić information content (AvgIpc) is 3.10. The molecule has 0 saturated carbocycles.